The lowest BCUT2D eigenvalue weighted by Gasteiger charge is -2.35. The molecular formula is C18H25ClFN3O3P2. The van der Waals surface area contributed by atoms with Gasteiger partial charge < -0.3 is 19.4 Å². The highest BCUT2D eigenvalue weighted by Gasteiger charge is 2.27. The van der Waals surface area contributed by atoms with E-state index in [1.54, 1.807) is 27.8 Å². The molecule has 1 heterocycles. The Morgan fingerprint density at radius 2 is 1.89 bits per heavy atom. The van der Waals surface area contributed by atoms with E-state index in [-0.39, 0.29) is 28.9 Å². The molecule has 2 amide bonds. The van der Waals surface area contributed by atoms with Gasteiger partial charge in [-0.1, -0.05) is 36.7 Å². The number of likely N-dealkylation sites (N-methyl/N-ethyl adjacent to an activating group) is 1. The minimum absolute atomic E-state index is 0.0832. The number of benzene rings is 1. The van der Waals surface area contributed by atoms with Crippen molar-refractivity contribution in [2.75, 3.05) is 51.8 Å². The molecule has 2 rings (SSSR count). The van der Waals surface area contributed by atoms with Gasteiger partial charge in [-0.25, -0.2) is 4.39 Å². The van der Waals surface area contributed by atoms with Crippen LogP contribution in [-0.4, -0.2) is 68.5 Å². The van der Waals surface area contributed by atoms with Crippen LogP contribution in [0.1, 0.15) is 5.56 Å². The number of anilines is 1. The second-order valence-electron chi connectivity index (χ2n) is 6.54. The smallest absolute Gasteiger partial charge is 0.246 e. The summed E-state index contributed by atoms with van der Waals surface area (Å²) < 4.78 is 19.8. The number of carbonyl (C=O) groups is 2. The molecule has 1 aliphatic rings. The Hall–Kier alpha value is -1.42. The molecule has 0 bridgehead atoms. The summed E-state index contributed by atoms with van der Waals surface area (Å²) in [5.74, 6) is 0.229. The molecule has 2 atom stereocenters. The summed E-state index contributed by atoms with van der Waals surface area (Å²) in [6.45, 7) is 5.42. The molecule has 0 spiro atoms. The van der Waals surface area contributed by atoms with E-state index in [1.807, 2.05) is 0 Å². The lowest BCUT2D eigenvalue weighted by atomic mass is 10.1. The van der Waals surface area contributed by atoms with Crippen molar-refractivity contribution in [3.8, 4) is 5.75 Å². The zero-order valence-electron chi connectivity index (χ0n) is 16.0. The van der Waals surface area contributed by atoms with Gasteiger partial charge in [-0.3, -0.25) is 9.59 Å². The van der Waals surface area contributed by atoms with Crippen LogP contribution in [0, 0.1) is 0 Å². The van der Waals surface area contributed by atoms with Gasteiger partial charge in [0, 0.05) is 44.9 Å². The van der Waals surface area contributed by atoms with Gasteiger partial charge >= 0.3 is 0 Å². The van der Waals surface area contributed by atoms with Crippen molar-refractivity contribution in [1.82, 2.24) is 9.80 Å². The summed E-state index contributed by atoms with van der Waals surface area (Å²) in [5.41, 5.74) is 0.818. The number of hydrogen-bond acceptors (Lipinski definition) is 4. The first-order chi connectivity index (χ1) is 13.1. The number of halogens is 2. The van der Waals surface area contributed by atoms with E-state index >= 15 is 0 Å². The normalized spacial score (nSPS) is 14.6. The second kappa shape index (κ2) is 9.39. The van der Waals surface area contributed by atoms with E-state index in [1.165, 1.54) is 19.3 Å². The summed E-state index contributed by atoms with van der Waals surface area (Å²) >= 11 is 6.17. The third-order valence-corrected chi connectivity index (χ3v) is 5.52. The average Bonchev–Trinajstić information content (AvgIpc) is 2.65. The number of piperazine rings is 1. The van der Waals surface area contributed by atoms with Crippen LogP contribution in [-0.2, 0) is 14.7 Å². The van der Waals surface area contributed by atoms with Crippen LogP contribution in [0.25, 0.3) is 0 Å². The Kier molecular flexibility index (Phi) is 7.66. The third-order valence-electron chi connectivity index (χ3n) is 4.58. The van der Waals surface area contributed by atoms with Gasteiger partial charge in [0.2, 0.25) is 11.8 Å². The van der Waals surface area contributed by atoms with Gasteiger partial charge in [0.05, 0.1) is 24.4 Å². The quantitative estimate of drug-likeness (QED) is 0.496. The molecule has 0 aliphatic carbocycles. The molecule has 1 aliphatic heterocycles. The van der Waals surface area contributed by atoms with Crippen molar-refractivity contribution in [2.24, 2.45) is 0 Å². The highest BCUT2D eigenvalue weighted by Crippen LogP contribution is 2.46. The van der Waals surface area contributed by atoms with E-state index < -0.39 is 5.15 Å². The Morgan fingerprint density at radius 1 is 1.32 bits per heavy atom. The predicted molar refractivity (Wildman–Crippen MR) is 117 cm³/mol. The number of carbonyl (C=O) groups excluding carboxylic acids is 2. The zero-order valence-corrected chi connectivity index (χ0v) is 19.0. The number of ether oxygens (including phenoxy) is 1. The monoisotopic (exact) mass is 447 g/mol. The summed E-state index contributed by atoms with van der Waals surface area (Å²) in [4.78, 5) is 29.4. The first-order valence-electron chi connectivity index (χ1n) is 8.63. The lowest BCUT2D eigenvalue weighted by Crippen LogP contribution is -2.52. The van der Waals surface area contributed by atoms with Crippen LogP contribution in [0.4, 0.5) is 10.1 Å². The van der Waals surface area contributed by atoms with Crippen molar-refractivity contribution >= 4 is 47.6 Å². The Labute approximate surface area is 174 Å². The maximum atomic E-state index is 14.4. The molecule has 6 nitrogen and oxygen atoms in total. The molecule has 0 saturated carbocycles. The maximum Gasteiger partial charge on any atom is 0.246 e. The van der Waals surface area contributed by atoms with E-state index in [2.05, 4.69) is 25.1 Å². The van der Waals surface area contributed by atoms with Crippen molar-refractivity contribution < 1.29 is 18.7 Å². The van der Waals surface area contributed by atoms with Gasteiger partial charge in [0.15, 0.2) is 5.15 Å². The van der Waals surface area contributed by atoms with Crippen LogP contribution < -0.4 is 9.64 Å². The average molecular weight is 448 g/mol. The molecule has 10 heteroatoms. The van der Waals surface area contributed by atoms with E-state index in [9.17, 15) is 14.0 Å². The molecule has 0 aromatic heterocycles. The summed E-state index contributed by atoms with van der Waals surface area (Å²) in [7, 11) is 7.39. The second-order valence-corrected chi connectivity index (χ2v) is 9.29. The van der Waals surface area contributed by atoms with E-state index in [0.29, 0.717) is 37.6 Å². The topological polar surface area (TPSA) is 53.1 Å². The van der Waals surface area contributed by atoms with Gasteiger partial charge in [-0.15, -0.1) is 0 Å². The van der Waals surface area contributed by atoms with Crippen molar-refractivity contribution in [1.29, 1.82) is 0 Å². The van der Waals surface area contributed by atoms with E-state index in [0.717, 1.165) is 0 Å². The summed E-state index contributed by atoms with van der Waals surface area (Å²) in [6, 6.07) is 3.12. The molecular weight excluding hydrogens is 423 g/mol. The van der Waals surface area contributed by atoms with Gasteiger partial charge in [-0.2, -0.15) is 0 Å². The summed E-state index contributed by atoms with van der Waals surface area (Å²) in [6.07, 6.45) is 1.28. The van der Waals surface area contributed by atoms with Crippen LogP contribution in [0.5, 0.6) is 5.75 Å². The molecule has 1 fully saturated rings. The molecule has 2 unspecified atom stereocenters. The van der Waals surface area contributed by atoms with Crippen molar-refractivity contribution in [3.05, 3.63) is 35.4 Å². The number of hydrogen-bond donors (Lipinski definition) is 0. The lowest BCUT2D eigenvalue weighted by molar-refractivity contribution is -0.136. The first kappa shape index (κ1) is 22.9. The molecule has 0 N–H and O–H groups in total. The molecule has 0 radical (unpaired) electrons. The van der Waals surface area contributed by atoms with Gasteiger partial charge in [-0.05, 0) is 12.1 Å². The standard InChI is InChI=1S/C18H25ClFN3O3P2/c1-4-16(24)22-5-7-23(8-6-22)17(25)11-21(2)14-9-12(18(20,27)28)13(19)10-15(14)26-3/h4,9-10H,1,5-8,11,27-28H2,2-3H3. The van der Waals surface area contributed by atoms with Crippen LogP contribution in [0.3, 0.4) is 0 Å². The van der Waals surface area contributed by atoms with Crippen LogP contribution >= 0.6 is 30.1 Å². The number of alkyl halides is 1. The van der Waals surface area contributed by atoms with Gasteiger partial charge in [0.1, 0.15) is 5.75 Å². The molecule has 1 aromatic carbocycles. The zero-order chi connectivity index (χ0) is 21.1. The number of amides is 2. The molecule has 1 saturated heterocycles. The first-order valence-corrected chi connectivity index (χ1v) is 10.2. The van der Waals surface area contributed by atoms with E-state index in [4.69, 9.17) is 16.3 Å². The fourth-order valence-corrected chi connectivity index (χ4v) is 3.95. The minimum Gasteiger partial charge on any atom is -0.495 e. The molecule has 1 aromatic rings. The fraction of sp³-hybridized carbons (Fsp3) is 0.444. The fourth-order valence-electron chi connectivity index (χ4n) is 2.99. The Bertz CT molecular complexity index is 765. The molecule has 154 valence electrons. The maximum absolute atomic E-state index is 14.4. The number of methoxy groups -OCH3 is 1. The van der Waals surface area contributed by atoms with Crippen LogP contribution in [0.2, 0.25) is 5.02 Å². The van der Waals surface area contributed by atoms with Crippen molar-refractivity contribution in [3.63, 3.8) is 0 Å². The highest BCUT2D eigenvalue weighted by atomic mass is 35.5. The molecule has 28 heavy (non-hydrogen) atoms. The highest BCUT2D eigenvalue weighted by molar-refractivity contribution is 7.38. The number of nitrogens with zero attached hydrogens (tertiary/aromatic N) is 3. The van der Waals surface area contributed by atoms with Gasteiger partial charge in [0.25, 0.3) is 0 Å². The Morgan fingerprint density at radius 3 is 2.39 bits per heavy atom. The number of rotatable bonds is 6. The minimum atomic E-state index is -1.79. The summed E-state index contributed by atoms with van der Waals surface area (Å²) in [5, 5.41) is -1.56. The Balaban J connectivity index is 2.12. The predicted octanol–water partition coefficient (Wildman–Crippen LogP) is 2.47. The van der Waals surface area contributed by atoms with Crippen LogP contribution in [0.15, 0.2) is 24.8 Å². The third kappa shape index (κ3) is 5.34. The SMILES string of the molecule is C=CC(=O)N1CCN(C(=O)CN(C)c2cc(C(F)(P)P)c(Cl)cc2OC)CC1. The largest absolute Gasteiger partial charge is 0.495 e. The van der Waals surface area contributed by atoms with Crippen molar-refractivity contribution in [2.45, 2.75) is 5.15 Å².